The number of nitrogens with zero attached hydrogens (tertiary/aromatic N) is 6. The molecule has 4 rings (SSSR count). The molecule has 1 saturated heterocycles. The van der Waals surface area contributed by atoms with Crippen LogP contribution < -0.4 is 10.2 Å². The molecule has 158 valence electrons. The van der Waals surface area contributed by atoms with Gasteiger partial charge in [0.15, 0.2) is 0 Å². The number of aromatic nitrogens is 2. The Bertz CT molecular complexity index is 906. The molecule has 0 aliphatic carbocycles. The number of urea groups is 1. The van der Waals surface area contributed by atoms with Gasteiger partial charge in [-0.1, -0.05) is 0 Å². The number of amides is 2. The summed E-state index contributed by atoms with van der Waals surface area (Å²) in [6.07, 6.45) is 5.38. The lowest BCUT2D eigenvalue weighted by molar-refractivity contribution is -0.385. The molecule has 11 heteroatoms. The number of unbranched alkanes of at least 4 members (excludes halogenated alkanes) is 1. The molecule has 0 bridgehead atoms. The molecule has 0 spiro atoms. The fourth-order valence-electron chi connectivity index (χ4n) is 3.51. The summed E-state index contributed by atoms with van der Waals surface area (Å²) in [5.41, 5.74) is 0.643. The third-order valence-electron chi connectivity index (χ3n) is 5.15. The Morgan fingerprint density at radius 1 is 1.10 bits per heavy atom. The van der Waals surface area contributed by atoms with Gasteiger partial charge in [-0.05, 0) is 43.5 Å². The molecule has 0 atom stereocenters. The van der Waals surface area contributed by atoms with Crippen LogP contribution in [0.25, 0.3) is 0 Å². The van der Waals surface area contributed by atoms with Gasteiger partial charge < -0.3 is 10.2 Å². The number of carbonyl (C=O) groups is 1. The van der Waals surface area contributed by atoms with Crippen LogP contribution in [0, 0.1) is 10.1 Å². The van der Waals surface area contributed by atoms with Crippen LogP contribution in [0.1, 0.15) is 12.8 Å². The van der Waals surface area contributed by atoms with Gasteiger partial charge in [-0.3, -0.25) is 19.3 Å². The van der Waals surface area contributed by atoms with Crippen molar-refractivity contribution in [3.05, 3.63) is 46.8 Å². The third kappa shape index (κ3) is 4.79. The number of benzene rings is 1. The SMILES string of the molecule is O=C1Nc2ccc([N+](=O)[O-])cc2SN1CCCCN1CCN(c2ncccn2)CC1. The number of anilines is 2. The van der Waals surface area contributed by atoms with Crippen molar-refractivity contribution in [1.29, 1.82) is 0 Å². The Hall–Kier alpha value is -2.92. The van der Waals surface area contributed by atoms with Crippen LogP contribution in [0.4, 0.5) is 22.1 Å². The first-order chi connectivity index (χ1) is 14.6. The number of nitro groups is 1. The van der Waals surface area contributed by atoms with Gasteiger partial charge in [0, 0.05) is 57.3 Å². The minimum atomic E-state index is -0.425. The number of rotatable bonds is 7. The Morgan fingerprint density at radius 3 is 2.57 bits per heavy atom. The fourth-order valence-corrected chi connectivity index (χ4v) is 4.48. The van der Waals surface area contributed by atoms with E-state index in [9.17, 15) is 14.9 Å². The van der Waals surface area contributed by atoms with E-state index in [2.05, 4.69) is 25.1 Å². The summed E-state index contributed by atoms with van der Waals surface area (Å²) in [5, 5.41) is 13.8. The van der Waals surface area contributed by atoms with Crippen LogP contribution >= 0.6 is 11.9 Å². The summed E-state index contributed by atoms with van der Waals surface area (Å²) in [5.74, 6) is 0.783. The lowest BCUT2D eigenvalue weighted by Crippen LogP contribution is -2.47. The van der Waals surface area contributed by atoms with Gasteiger partial charge in [0.2, 0.25) is 5.95 Å². The van der Waals surface area contributed by atoms with Gasteiger partial charge in [0.25, 0.3) is 5.69 Å². The molecule has 0 radical (unpaired) electrons. The zero-order chi connectivity index (χ0) is 20.9. The predicted octanol–water partition coefficient (Wildman–Crippen LogP) is 2.84. The highest BCUT2D eigenvalue weighted by Gasteiger charge is 2.25. The molecule has 1 fully saturated rings. The van der Waals surface area contributed by atoms with Crippen LogP contribution in [0.2, 0.25) is 0 Å². The quantitative estimate of drug-likeness (QED) is 0.310. The molecular formula is C19H23N7O3S. The monoisotopic (exact) mass is 429 g/mol. The van der Waals surface area contributed by atoms with Crippen molar-refractivity contribution in [2.24, 2.45) is 0 Å². The molecule has 30 heavy (non-hydrogen) atoms. The molecule has 0 saturated carbocycles. The Balaban J connectivity index is 1.20. The maximum atomic E-state index is 12.3. The van der Waals surface area contributed by atoms with Crippen LogP contribution in [0.3, 0.4) is 0 Å². The molecule has 2 aliphatic heterocycles. The van der Waals surface area contributed by atoms with Gasteiger partial charge in [-0.15, -0.1) is 0 Å². The first kappa shape index (κ1) is 20.4. The van der Waals surface area contributed by atoms with E-state index in [1.807, 2.05) is 6.07 Å². The van der Waals surface area contributed by atoms with E-state index in [0.717, 1.165) is 51.5 Å². The van der Waals surface area contributed by atoms with Gasteiger partial charge in [0.05, 0.1) is 15.5 Å². The summed E-state index contributed by atoms with van der Waals surface area (Å²) in [6, 6.07) is 6.12. The molecule has 2 aliphatic rings. The van der Waals surface area contributed by atoms with Crippen molar-refractivity contribution in [3.8, 4) is 0 Å². The van der Waals surface area contributed by atoms with E-state index >= 15 is 0 Å². The van der Waals surface area contributed by atoms with E-state index in [1.54, 1.807) is 22.8 Å². The number of non-ortho nitro benzene ring substituents is 1. The summed E-state index contributed by atoms with van der Waals surface area (Å²) < 4.78 is 1.64. The minimum absolute atomic E-state index is 0.0254. The standard InChI is InChI=1S/C19H23N7O3S/c27-19-22-16-5-4-15(26(28)29)14-17(16)30-25(19)9-2-1-8-23-10-12-24(13-11-23)18-20-6-3-7-21-18/h3-7,14H,1-2,8-13H2,(H,22,27). The summed E-state index contributed by atoms with van der Waals surface area (Å²) in [6.45, 7) is 5.32. The average molecular weight is 430 g/mol. The van der Waals surface area contributed by atoms with Gasteiger partial charge in [-0.2, -0.15) is 0 Å². The molecule has 10 nitrogen and oxygen atoms in total. The number of hydrogen-bond donors (Lipinski definition) is 1. The minimum Gasteiger partial charge on any atom is -0.338 e. The molecule has 1 aromatic carbocycles. The summed E-state index contributed by atoms with van der Waals surface area (Å²) in [4.78, 5) is 36.7. The van der Waals surface area contributed by atoms with Crippen molar-refractivity contribution in [2.45, 2.75) is 17.7 Å². The lowest BCUT2D eigenvalue weighted by Gasteiger charge is -2.34. The van der Waals surface area contributed by atoms with Crippen LogP contribution in [-0.2, 0) is 0 Å². The number of nitrogens with one attached hydrogen (secondary N) is 1. The van der Waals surface area contributed by atoms with E-state index in [4.69, 9.17) is 0 Å². The Labute approximate surface area is 178 Å². The highest BCUT2D eigenvalue weighted by atomic mass is 32.2. The molecule has 1 N–H and O–H groups in total. The normalized spacial score (nSPS) is 16.9. The number of fused-ring (bicyclic) bond motifs is 1. The number of hydrogen-bond acceptors (Lipinski definition) is 8. The van der Waals surface area contributed by atoms with Gasteiger partial charge in [-0.25, -0.2) is 14.8 Å². The highest BCUT2D eigenvalue weighted by molar-refractivity contribution is 7.97. The largest absolute Gasteiger partial charge is 0.338 e. The van der Waals surface area contributed by atoms with Crippen molar-refractivity contribution in [2.75, 3.05) is 49.5 Å². The molecule has 1 aromatic heterocycles. The fraction of sp³-hybridized carbons (Fsp3) is 0.421. The van der Waals surface area contributed by atoms with E-state index < -0.39 is 4.92 Å². The van der Waals surface area contributed by atoms with Crippen LogP contribution in [0.5, 0.6) is 0 Å². The Kier molecular flexibility index (Phi) is 6.29. The smallest absolute Gasteiger partial charge is 0.332 e. The predicted molar refractivity (Wildman–Crippen MR) is 115 cm³/mol. The van der Waals surface area contributed by atoms with E-state index in [0.29, 0.717) is 17.1 Å². The highest BCUT2D eigenvalue weighted by Crippen LogP contribution is 2.37. The zero-order valence-corrected chi connectivity index (χ0v) is 17.3. The van der Waals surface area contributed by atoms with Crippen LogP contribution in [-0.4, -0.2) is 69.4 Å². The first-order valence-corrected chi connectivity index (χ1v) is 10.7. The van der Waals surface area contributed by atoms with Crippen LogP contribution in [0.15, 0.2) is 41.6 Å². The van der Waals surface area contributed by atoms with E-state index in [-0.39, 0.29) is 11.7 Å². The number of piperazine rings is 1. The lowest BCUT2D eigenvalue weighted by atomic mass is 10.2. The van der Waals surface area contributed by atoms with Crippen molar-refractivity contribution in [1.82, 2.24) is 19.2 Å². The van der Waals surface area contributed by atoms with Gasteiger partial charge in [0.1, 0.15) is 0 Å². The summed E-state index contributed by atoms with van der Waals surface area (Å²) >= 11 is 1.26. The van der Waals surface area contributed by atoms with E-state index in [1.165, 1.54) is 24.1 Å². The van der Waals surface area contributed by atoms with Crippen molar-refractivity contribution in [3.63, 3.8) is 0 Å². The molecular weight excluding hydrogens is 406 g/mol. The van der Waals surface area contributed by atoms with Crippen molar-refractivity contribution >= 4 is 35.3 Å². The first-order valence-electron chi connectivity index (χ1n) is 9.89. The number of nitro benzene ring substituents is 1. The second-order valence-electron chi connectivity index (χ2n) is 7.15. The molecule has 2 aromatic rings. The Morgan fingerprint density at radius 2 is 1.83 bits per heavy atom. The molecule has 0 unspecified atom stereocenters. The third-order valence-corrected chi connectivity index (χ3v) is 6.25. The maximum absolute atomic E-state index is 12.3. The molecule has 2 amide bonds. The topological polar surface area (TPSA) is 108 Å². The average Bonchev–Trinajstić information content (AvgIpc) is 2.77. The second-order valence-corrected chi connectivity index (χ2v) is 8.21. The summed E-state index contributed by atoms with van der Waals surface area (Å²) in [7, 11) is 0. The zero-order valence-electron chi connectivity index (χ0n) is 16.4. The molecule has 3 heterocycles. The number of carbonyl (C=O) groups excluding carboxylic acids is 1. The maximum Gasteiger partial charge on any atom is 0.332 e. The van der Waals surface area contributed by atoms with Crippen molar-refractivity contribution < 1.29 is 9.72 Å². The van der Waals surface area contributed by atoms with Gasteiger partial charge >= 0.3 is 6.03 Å². The second kappa shape index (κ2) is 9.26.